The molecule has 0 unspecified atom stereocenters. The number of rotatable bonds is 5. The number of ether oxygens (including phenoxy) is 2. The van der Waals surface area contributed by atoms with Crippen LogP contribution in [-0.4, -0.2) is 12.1 Å². The predicted octanol–water partition coefficient (Wildman–Crippen LogP) is 8.50. The molecule has 3 heteroatoms. The molecule has 1 fully saturated rings. The Morgan fingerprint density at radius 1 is 0.903 bits per heavy atom. The molecule has 0 radical (unpaired) electrons. The summed E-state index contributed by atoms with van der Waals surface area (Å²) in [5.74, 6) is -0.281. The highest BCUT2D eigenvalue weighted by molar-refractivity contribution is 5.81. The van der Waals surface area contributed by atoms with Crippen molar-refractivity contribution in [1.82, 2.24) is 0 Å². The van der Waals surface area contributed by atoms with Crippen LogP contribution in [0.4, 0.5) is 0 Å². The molecule has 0 amide bonds. The van der Waals surface area contributed by atoms with E-state index in [4.69, 9.17) is 9.47 Å². The van der Waals surface area contributed by atoms with Crippen molar-refractivity contribution in [3.8, 4) is 0 Å². The van der Waals surface area contributed by atoms with Gasteiger partial charge in [-0.2, -0.15) is 0 Å². The maximum absolute atomic E-state index is 10.7. The van der Waals surface area contributed by atoms with Gasteiger partial charge in [0.05, 0.1) is 6.26 Å². The highest BCUT2D eigenvalue weighted by Crippen LogP contribution is 2.20. The van der Waals surface area contributed by atoms with Gasteiger partial charge in [0.2, 0.25) is 0 Å². The maximum Gasteiger partial charge on any atom is 0.330 e. The summed E-state index contributed by atoms with van der Waals surface area (Å²) in [6.07, 6.45) is 8.56. The summed E-state index contributed by atoms with van der Waals surface area (Å²) in [5.41, 5.74) is 2.17. The van der Waals surface area contributed by atoms with Crippen LogP contribution in [0.3, 0.4) is 0 Å². The Labute approximate surface area is 192 Å². The molecule has 0 spiro atoms. The van der Waals surface area contributed by atoms with Crippen molar-refractivity contribution in [3.63, 3.8) is 0 Å². The second-order valence-corrected chi connectivity index (χ2v) is 10.9. The zero-order valence-electron chi connectivity index (χ0n) is 21.5. The molecule has 178 valence electrons. The van der Waals surface area contributed by atoms with Gasteiger partial charge < -0.3 is 9.47 Å². The molecule has 1 saturated carbocycles. The molecule has 0 bridgehead atoms. The fourth-order valence-electron chi connectivity index (χ4n) is 2.12. The van der Waals surface area contributed by atoms with Crippen molar-refractivity contribution in [1.29, 1.82) is 0 Å². The molecule has 1 aliphatic carbocycles. The molecule has 1 aliphatic rings. The first-order valence-corrected chi connectivity index (χ1v) is 11.4. The molecule has 1 aromatic carbocycles. The van der Waals surface area contributed by atoms with Crippen molar-refractivity contribution in [2.75, 3.05) is 0 Å². The first-order valence-electron chi connectivity index (χ1n) is 11.4. The van der Waals surface area contributed by atoms with Crippen LogP contribution in [0.2, 0.25) is 0 Å². The lowest BCUT2D eigenvalue weighted by atomic mass is 9.98. The van der Waals surface area contributed by atoms with Gasteiger partial charge in [-0.05, 0) is 42.1 Å². The normalized spacial score (nSPS) is 13.5. The second-order valence-electron chi connectivity index (χ2n) is 10.9. The predicted molar refractivity (Wildman–Crippen MR) is 135 cm³/mol. The standard InChI is InChI=1S/C9H14O2.C9H10O.2C5H12/c1-2-9(10)11-8-6-4-3-5-7-8;1-2-10-8-9-6-4-3-5-7-9;2*1-5(2,3)4/h2,8H,1,3-7H2;2-7H,1,8H2;2*1-4H3. The van der Waals surface area contributed by atoms with Crippen LogP contribution in [0.5, 0.6) is 0 Å². The summed E-state index contributed by atoms with van der Waals surface area (Å²) in [6, 6.07) is 9.99. The van der Waals surface area contributed by atoms with Crippen molar-refractivity contribution in [3.05, 3.63) is 61.4 Å². The molecule has 0 heterocycles. The summed E-state index contributed by atoms with van der Waals surface area (Å²) >= 11 is 0. The van der Waals surface area contributed by atoms with Crippen LogP contribution in [0.25, 0.3) is 0 Å². The van der Waals surface area contributed by atoms with Crippen molar-refractivity contribution >= 4 is 5.97 Å². The van der Waals surface area contributed by atoms with E-state index in [-0.39, 0.29) is 12.1 Å². The number of benzene rings is 1. The van der Waals surface area contributed by atoms with E-state index >= 15 is 0 Å². The zero-order valence-corrected chi connectivity index (χ0v) is 21.5. The third kappa shape index (κ3) is 32.8. The zero-order chi connectivity index (χ0) is 24.3. The highest BCUT2D eigenvalue weighted by Gasteiger charge is 2.15. The molecular formula is C28H48O3. The van der Waals surface area contributed by atoms with Gasteiger partial charge in [-0.1, -0.05) is 105 Å². The van der Waals surface area contributed by atoms with Crippen LogP contribution < -0.4 is 0 Å². The second kappa shape index (κ2) is 17.6. The SMILES string of the molecule is C=CC(=O)OC1CCCCC1.C=COCc1ccccc1.CC(C)(C)C.CC(C)(C)C. The van der Waals surface area contributed by atoms with Gasteiger partial charge in [-0.25, -0.2) is 4.79 Å². The Balaban J connectivity index is 0. The molecule has 0 aromatic heterocycles. The van der Waals surface area contributed by atoms with Gasteiger partial charge in [-0.3, -0.25) is 0 Å². The van der Waals surface area contributed by atoms with Gasteiger partial charge in [0.25, 0.3) is 0 Å². The topological polar surface area (TPSA) is 35.5 Å². The number of hydrogen-bond donors (Lipinski definition) is 0. The Morgan fingerprint density at radius 3 is 1.74 bits per heavy atom. The molecule has 2 rings (SSSR count). The van der Waals surface area contributed by atoms with Crippen molar-refractivity contribution in [2.45, 2.75) is 100 Å². The third-order valence-corrected chi connectivity index (χ3v) is 3.21. The van der Waals surface area contributed by atoms with E-state index in [1.54, 1.807) is 0 Å². The Bertz CT molecular complexity index is 547. The molecule has 31 heavy (non-hydrogen) atoms. The summed E-state index contributed by atoms with van der Waals surface area (Å²) in [7, 11) is 0. The van der Waals surface area contributed by atoms with Crippen LogP contribution in [-0.2, 0) is 20.9 Å². The third-order valence-electron chi connectivity index (χ3n) is 3.21. The van der Waals surface area contributed by atoms with Gasteiger partial charge in [-0.15, -0.1) is 0 Å². The lowest BCUT2D eigenvalue weighted by Gasteiger charge is -2.20. The van der Waals surface area contributed by atoms with Gasteiger partial charge in [0.15, 0.2) is 0 Å². The average Bonchev–Trinajstić information content (AvgIpc) is 2.66. The molecular weight excluding hydrogens is 384 g/mol. The Kier molecular flexibility index (Phi) is 17.7. The first-order chi connectivity index (χ1) is 14.3. The fraction of sp³-hybridized carbons (Fsp3) is 0.607. The summed E-state index contributed by atoms with van der Waals surface area (Å²) in [4.78, 5) is 10.7. The minimum atomic E-state index is -0.281. The van der Waals surface area contributed by atoms with Gasteiger partial charge in [0.1, 0.15) is 12.7 Å². The van der Waals surface area contributed by atoms with E-state index in [0.29, 0.717) is 17.4 Å². The molecule has 0 N–H and O–H groups in total. The van der Waals surface area contributed by atoms with E-state index < -0.39 is 0 Å². The van der Waals surface area contributed by atoms with E-state index in [1.807, 2.05) is 30.3 Å². The first kappa shape index (κ1) is 31.2. The van der Waals surface area contributed by atoms with Crippen LogP contribution >= 0.6 is 0 Å². The smallest absolute Gasteiger partial charge is 0.330 e. The van der Waals surface area contributed by atoms with E-state index in [0.717, 1.165) is 12.8 Å². The number of carbonyl (C=O) groups is 1. The summed E-state index contributed by atoms with van der Waals surface area (Å²) in [6.45, 7) is 24.9. The molecule has 0 atom stereocenters. The lowest BCUT2D eigenvalue weighted by molar-refractivity contribution is -0.144. The summed E-state index contributed by atoms with van der Waals surface area (Å²) in [5, 5.41) is 0. The largest absolute Gasteiger partial charge is 0.497 e. The number of hydrogen-bond acceptors (Lipinski definition) is 3. The molecule has 1 aromatic rings. The van der Waals surface area contributed by atoms with Crippen molar-refractivity contribution < 1.29 is 14.3 Å². The molecule has 3 nitrogen and oxygen atoms in total. The van der Waals surface area contributed by atoms with Crippen LogP contribution in [0.1, 0.15) is 93.1 Å². The fourth-order valence-corrected chi connectivity index (χ4v) is 2.12. The van der Waals surface area contributed by atoms with E-state index in [1.165, 1.54) is 37.2 Å². The van der Waals surface area contributed by atoms with E-state index in [9.17, 15) is 4.79 Å². The van der Waals surface area contributed by atoms with Crippen LogP contribution in [0.15, 0.2) is 55.8 Å². The van der Waals surface area contributed by atoms with Crippen LogP contribution in [0, 0.1) is 10.8 Å². The minimum absolute atomic E-state index is 0.161. The van der Waals surface area contributed by atoms with Gasteiger partial charge >= 0.3 is 5.97 Å². The summed E-state index contributed by atoms with van der Waals surface area (Å²) < 4.78 is 10.1. The average molecular weight is 433 g/mol. The molecule has 0 saturated heterocycles. The Morgan fingerprint density at radius 2 is 1.35 bits per heavy atom. The highest BCUT2D eigenvalue weighted by atomic mass is 16.5. The molecule has 0 aliphatic heterocycles. The Hall–Kier alpha value is -2.03. The quantitative estimate of drug-likeness (QED) is 0.266. The number of carbonyl (C=O) groups excluding carboxylic acids is 1. The van der Waals surface area contributed by atoms with E-state index in [2.05, 4.69) is 68.5 Å². The van der Waals surface area contributed by atoms with Crippen molar-refractivity contribution in [2.24, 2.45) is 10.8 Å². The monoisotopic (exact) mass is 432 g/mol. The lowest BCUT2D eigenvalue weighted by Crippen LogP contribution is -2.19. The maximum atomic E-state index is 10.7. The van der Waals surface area contributed by atoms with Gasteiger partial charge in [0, 0.05) is 6.08 Å². The minimum Gasteiger partial charge on any atom is -0.497 e. The number of esters is 1.